The molecular weight excluding hydrogens is 400 g/mol. The Labute approximate surface area is 181 Å². The summed E-state index contributed by atoms with van der Waals surface area (Å²) in [7, 11) is 0. The highest BCUT2D eigenvalue weighted by atomic mass is 35.5. The molecule has 3 aromatic rings. The third-order valence-corrected chi connectivity index (χ3v) is 5.09. The summed E-state index contributed by atoms with van der Waals surface area (Å²) >= 11 is 5.87. The van der Waals surface area contributed by atoms with Gasteiger partial charge in [-0.2, -0.15) is 0 Å². The zero-order chi connectivity index (χ0) is 21.7. The Balaban J connectivity index is 1.63. The van der Waals surface area contributed by atoms with Gasteiger partial charge in [-0.3, -0.25) is 9.59 Å². The van der Waals surface area contributed by atoms with E-state index in [1.807, 2.05) is 51.2 Å². The van der Waals surface area contributed by atoms with E-state index in [4.69, 9.17) is 11.6 Å². The van der Waals surface area contributed by atoms with Crippen LogP contribution in [0.2, 0.25) is 5.02 Å². The van der Waals surface area contributed by atoms with Gasteiger partial charge in [-0.1, -0.05) is 37.6 Å². The quantitative estimate of drug-likeness (QED) is 0.594. The van der Waals surface area contributed by atoms with E-state index in [9.17, 15) is 9.59 Å². The fraction of sp³-hybridized carbons (Fsp3) is 0.261. The highest BCUT2D eigenvalue weighted by Crippen LogP contribution is 2.14. The number of aromatic nitrogens is 2. The van der Waals surface area contributed by atoms with Crippen LogP contribution in [0.5, 0.6) is 0 Å². The molecule has 0 aliphatic heterocycles. The molecule has 0 aliphatic carbocycles. The molecule has 6 nitrogen and oxygen atoms in total. The van der Waals surface area contributed by atoms with Gasteiger partial charge in [0.05, 0.1) is 0 Å². The van der Waals surface area contributed by atoms with Crippen LogP contribution in [0, 0.1) is 12.8 Å². The van der Waals surface area contributed by atoms with E-state index in [1.54, 1.807) is 30.5 Å². The van der Waals surface area contributed by atoms with Crippen molar-refractivity contribution in [2.75, 3.05) is 5.32 Å². The van der Waals surface area contributed by atoms with Crippen LogP contribution in [0.4, 0.5) is 5.69 Å². The summed E-state index contributed by atoms with van der Waals surface area (Å²) in [5.41, 5.74) is 2.24. The smallest absolute Gasteiger partial charge is 0.251 e. The Kier molecular flexibility index (Phi) is 6.90. The lowest BCUT2D eigenvalue weighted by Crippen LogP contribution is -2.47. The van der Waals surface area contributed by atoms with Crippen molar-refractivity contribution in [3.8, 4) is 0 Å². The summed E-state index contributed by atoms with van der Waals surface area (Å²) in [6, 6.07) is 13.5. The lowest BCUT2D eigenvalue weighted by atomic mass is 10.0. The van der Waals surface area contributed by atoms with Crippen molar-refractivity contribution in [2.24, 2.45) is 5.92 Å². The summed E-state index contributed by atoms with van der Waals surface area (Å²) in [6.45, 7) is 6.46. The van der Waals surface area contributed by atoms with Crippen molar-refractivity contribution in [1.82, 2.24) is 14.9 Å². The third-order valence-electron chi connectivity index (χ3n) is 4.84. The molecule has 2 aromatic carbocycles. The normalized spacial score (nSPS) is 11.9. The van der Waals surface area contributed by atoms with E-state index in [2.05, 4.69) is 20.2 Å². The highest BCUT2D eigenvalue weighted by Gasteiger charge is 2.24. The molecule has 2 amide bonds. The number of rotatable bonds is 7. The minimum atomic E-state index is -0.665. The van der Waals surface area contributed by atoms with E-state index in [1.165, 1.54) is 0 Å². The van der Waals surface area contributed by atoms with Crippen molar-refractivity contribution < 1.29 is 9.59 Å². The Hall–Kier alpha value is -3.12. The number of nitrogens with zero attached hydrogens (tertiary/aromatic N) is 2. The Morgan fingerprint density at radius 2 is 1.73 bits per heavy atom. The average Bonchev–Trinajstić information content (AvgIpc) is 3.12. The number of carbonyl (C=O) groups excluding carboxylic acids is 2. The predicted octanol–water partition coefficient (Wildman–Crippen LogP) is 4.29. The maximum Gasteiger partial charge on any atom is 0.251 e. The largest absolute Gasteiger partial charge is 0.340 e. The van der Waals surface area contributed by atoms with Gasteiger partial charge in [-0.25, -0.2) is 4.98 Å². The van der Waals surface area contributed by atoms with Crippen LogP contribution >= 0.6 is 11.6 Å². The van der Waals surface area contributed by atoms with Crippen molar-refractivity contribution in [3.63, 3.8) is 0 Å². The minimum absolute atomic E-state index is 0.0789. The molecule has 3 rings (SSSR count). The van der Waals surface area contributed by atoms with Gasteiger partial charge in [0.1, 0.15) is 11.9 Å². The average molecular weight is 425 g/mol. The van der Waals surface area contributed by atoms with Crippen LogP contribution in [0.1, 0.15) is 35.6 Å². The number of anilines is 1. The number of hydrogen-bond acceptors (Lipinski definition) is 3. The molecule has 7 heteroatoms. The topological polar surface area (TPSA) is 76.0 Å². The van der Waals surface area contributed by atoms with E-state index >= 15 is 0 Å². The van der Waals surface area contributed by atoms with Crippen LogP contribution in [0.15, 0.2) is 60.9 Å². The molecule has 156 valence electrons. The molecule has 1 heterocycles. The first-order chi connectivity index (χ1) is 14.3. The number of halogens is 1. The second-order valence-electron chi connectivity index (χ2n) is 7.49. The number of hydrogen-bond donors (Lipinski definition) is 2. The molecule has 1 aromatic heterocycles. The fourth-order valence-corrected chi connectivity index (χ4v) is 3.17. The fourth-order valence-electron chi connectivity index (χ4n) is 3.04. The van der Waals surface area contributed by atoms with Gasteiger partial charge >= 0.3 is 0 Å². The molecule has 1 unspecified atom stereocenters. The summed E-state index contributed by atoms with van der Waals surface area (Å²) in [4.78, 5) is 29.5. The second kappa shape index (κ2) is 9.59. The first-order valence-electron chi connectivity index (χ1n) is 9.77. The Morgan fingerprint density at radius 3 is 2.30 bits per heavy atom. The third kappa shape index (κ3) is 5.48. The maximum absolute atomic E-state index is 12.8. The second-order valence-corrected chi connectivity index (χ2v) is 7.93. The van der Waals surface area contributed by atoms with Gasteiger partial charge in [0, 0.05) is 35.2 Å². The first-order valence-corrected chi connectivity index (χ1v) is 10.2. The summed E-state index contributed by atoms with van der Waals surface area (Å²) < 4.78 is 2.05. The summed E-state index contributed by atoms with van der Waals surface area (Å²) in [5.74, 6) is 0.297. The molecule has 0 saturated heterocycles. The number of carbonyl (C=O) groups is 2. The van der Waals surface area contributed by atoms with E-state index in [0.29, 0.717) is 22.8 Å². The van der Waals surface area contributed by atoms with Crippen molar-refractivity contribution in [3.05, 3.63) is 82.9 Å². The number of nitrogens with one attached hydrogen (secondary N) is 2. The van der Waals surface area contributed by atoms with Crippen LogP contribution in [-0.2, 0) is 11.3 Å². The molecule has 1 atom stereocenters. The zero-order valence-electron chi connectivity index (χ0n) is 17.2. The number of amides is 2. The van der Waals surface area contributed by atoms with Gasteiger partial charge in [-0.15, -0.1) is 0 Å². The van der Waals surface area contributed by atoms with Crippen molar-refractivity contribution >= 4 is 29.1 Å². The minimum Gasteiger partial charge on any atom is -0.340 e. The lowest BCUT2D eigenvalue weighted by Gasteiger charge is -2.22. The Bertz CT molecular complexity index is 1010. The van der Waals surface area contributed by atoms with Crippen molar-refractivity contribution in [2.45, 2.75) is 33.4 Å². The monoisotopic (exact) mass is 424 g/mol. The molecule has 0 bridgehead atoms. The SMILES string of the molecule is Cc1nccn1Cc1ccc(NC(=O)C(NC(=O)c2ccc(Cl)cc2)C(C)C)cc1. The maximum atomic E-state index is 12.8. The van der Waals surface area contributed by atoms with Gasteiger partial charge in [0.25, 0.3) is 5.91 Å². The van der Waals surface area contributed by atoms with Gasteiger partial charge in [0.15, 0.2) is 0 Å². The van der Waals surface area contributed by atoms with Gasteiger partial charge < -0.3 is 15.2 Å². The molecule has 0 radical (unpaired) electrons. The van der Waals surface area contributed by atoms with Gasteiger partial charge in [-0.05, 0) is 54.8 Å². The molecule has 0 fully saturated rings. The molecule has 0 spiro atoms. The van der Waals surface area contributed by atoms with Crippen LogP contribution < -0.4 is 10.6 Å². The van der Waals surface area contributed by atoms with Crippen LogP contribution in [0.3, 0.4) is 0 Å². The zero-order valence-corrected chi connectivity index (χ0v) is 18.0. The molecule has 30 heavy (non-hydrogen) atoms. The number of imidazole rings is 1. The number of benzene rings is 2. The summed E-state index contributed by atoms with van der Waals surface area (Å²) in [5, 5.41) is 6.26. The molecular formula is C23H25ClN4O2. The van der Waals surface area contributed by atoms with E-state index in [0.717, 1.165) is 11.4 Å². The summed E-state index contributed by atoms with van der Waals surface area (Å²) in [6.07, 6.45) is 3.70. The van der Waals surface area contributed by atoms with Gasteiger partial charge in [0.2, 0.25) is 5.91 Å². The van der Waals surface area contributed by atoms with Crippen LogP contribution in [-0.4, -0.2) is 27.4 Å². The standard InChI is InChI=1S/C23H25ClN4O2/c1-15(2)21(27-22(29)18-6-8-19(24)9-7-18)23(30)26-20-10-4-17(5-11-20)14-28-13-12-25-16(28)3/h4-13,15,21H,14H2,1-3H3,(H,26,30)(H,27,29). The molecule has 0 aliphatic rings. The van der Waals surface area contributed by atoms with E-state index in [-0.39, 0.29) is 17.7 Å². The molecule has 2 N–H and O–H groups in total. The predicted molar refractivity (Wildman–Crippen MR) is 119 cm³/mol. The molecule has 0 saturated carbocycles. The van der Waals surface area contributed by atoms with Crippen LogP contribution in [0.25, 0.3) is 0 Å². The van der Waals surface area contributed by atoms with E-state index < -0.39 is 6.04 Å². The Morgan fingerprint density at radius 1 is 1.07 bits per heavy atom. The highest BCUT2D eigenvalue weighted by molar-refractivity contribution is 6.30. The number of aryl methyl sites for hydroxylation is 1. The first kappa shape index (κ1) is 21.6. The van der Waals surface area contributed by atoms with Crippen molar-refractivity contribution in [1.29, 1.82) is 0 Å². The lowest BCUT2D eigenvalue weighted by molar-refractivity contribution is -0.118.